The summed E-state index contributed by atoms with van der Waals surface area (Å²) in [6.45, 7) is 0.469. The molecule has 0 unspecified atom stereocenters. The van der Waals surface area contributed by atoms with Crippen molar-refractivity contribution >= 4 is 12.5 Å². The van der Waals surface area contributed by atoms with Crippen LogP contribution in [0.2, 0.25) is 0 Å². The number of amides is 2. The summed E-state index contributed by atoms with van der Waals surface area (Å²) in [7, 11) is 0. The van der Waals surface area contributed by atoms with Crippen molar-refractivity contribution < 1.29 is 14.3 Å². The molecule has 0 bridgehead atoms. The molecule has 0 saturated heterocycles. The van der Waals surface area contributed by atoms with Crippen LogP contribution in [0.5, 0.6) is 0 Å². The second kappa shape index (κ2) is 7.85. The van der Waals surface area contributed by atoms with Gasteiger partial charge >= 0.3 is 6.09 Å². The molecule has 108 valence electrons. The Morgan fingerprint density at radius 2 is 1.52 bits per heavy atom. The molecule has 0 aliphatic heterocycles. The summed E-state index contributed by atoms with van der Waals surface area (Å²) in [5.74, 6) is 0. The number of benzene rings is 2. The van der Waals surface area contributed by atoms with Gasteiger partial charge in [-0.1, -0.05) is 60.7 Å². The van der Waals surface area contributed by atoms with Crippen LogP contribution < -0.4 is 0 Å². The van der Waals surface area contributed by atoms with E-state index in [-0.39, 0.29) is 6.61 Å². The Labute approximate surface area is 124 Å². The third-order valence-corrected chi connectivity index (χ3v) is 3.05. The van der Waals surface area contributed by atoms with Gasteiger partial charge in [0.25, 0.3) is 0 Å². The lowest BCUT2D eigenvalue weighted by Gasteiger charge is -2.15. The molecule has 2 aromatic rings. The number of rotatable bonds is 6. The van der Waals surface area contributed by atoms with Crippen LogP contribution in [0.15, 0.2) is 60.7 Å². The van der Waals surface area contributed by atoms with E-state index in [1.165, 1.54) is 0 Å². The van der Waals surface area contributed by atoms with Gasteiger partial charge in [-0.3, -0.25) is 4.79 Å². The topological polar surface area (TPSA) is 46.6 Å². The predicted octanol–water partition coefficient (Wildman–Crippen LogP) is 3.02. The van der Waals surface area contributed by atoms with E-state index < -0.39 is 6.09 Å². The normalized spacial score (nSPS) is 9.90. The SMILES string of the molecule is O=CN(CCc1ccccc1)C(=O)OCc1ccccc1. The lowest BCUT2D eigenvalue weighted by molar-refractivity contribution is -0.116. The zero-order chi connectivity index (χ0) is 14.9. The van der Waals surface area contributed by atoms with Gasteiger partial charge in [-0.25, -0.2) is 9.69 Å². The van der Waals surface area contributed by atoms with E-state index in [4.69, 9.17) is 4.74 Å². The first kappa shape index (κ1) is 14.8. The zero-order valence-corrected chi connectivity index (χ0v) is 11.6. The molecule has 0 aliphatic carbocycles. The second-order valence-corrected chi connectivity index (χ2v) is 4.57. The highest BCUT2D eigenvalue weighted by Gasteiger charge is 2.13. The first-order valence-corrected chi connectivity index (χ1v) is 6.76. The van der Waals surface area contributed by atoms with E-state index in [1.807, 2.05) is 60.7 Å². The number of imide groups is 1. The fraction of sp³-hybridized carbons (Fsp3) is 0.176. The first-order chi connectivity index (χ1) is 10.3. The quantitative estimate of drug-likeness (QED) is 0.766. The van der Waals surface area contributed by atoms with E-state index in [2.05, 4.69) is 0 Å². The van der Waals surface area contributed by atoms with Gasteiger partial charge in [0.1, 0.15) is 6.61 Å². The Bertz CT molecular complexity index is 569. The maximum absolute atomic E-state index is 11.8. The summed E-state index contributed by atoms with van der Waals surface area (Å²) < 4.78 is 5.13. The van der Waals surface area contributed by atoms with E-state index in [9.17, 15) is 9.59 Å². The number of hydrogen-bond donors (Lipinski definition) is 0. The van der Waals surface area contributed by atoms with Crippen LogP contribution in [0.4, 0.5) is 4.79 Å². The molecule has 0 saturated carbocycles. The lowest BCUT2D eigenvalue weighted by Crippen LogP contribution is -2.32. The molecule has 4 heteroatoms. The average Bonchev–Trinajstić information content (AvgIpc) is 2.55. The molecule has 2 aromatic carbocycles. The summed E-state index contributed by atoms with van der Waals surface area (Å²) in [6.07, 6.45) is 0.501. The van der Waals surface area contributed by atoms with E-state index in [0.717, 1.165) is 16.0 Å². The van der Waals surface area contributed by atoms with Crippen LogP contribution in [0, 0.1) is 0 Å². The summed E-state index contributed by atoms with van der Waals surface area (Å²) in [6, 6.07) is 19.0. The first-order valence-electron chi connectivity index (χ1n) is 6.76. The standard InChI is InChI=1S/C17H17NO3/c19-14-18(12-11-15-7-3-1-4-8-15)17(20)21-13-16-9-5-2-6-10-16/h1-10,14H,11-13H2. The minimum Gasteiger partial charge on any atom is -0.444 e. The molecule has 0 aromatic heterocycles. The van der Waals surface area contributed by atoms with Gasteiger partial charge in [-0.15, -0.1) is 0 Å². The fourth-order valence-electron chi connectivity index (χ4n) is 1.88. The summed E-state index contributed by atoms with van der Waals surface area (Å²) in [5, 5.41) is 0. The molecule has 0 aliphatic rings. The number of ether oxygens (including phenoxy) is 1. The fourth-order valence-corrected chi connectivity index (χ4v) is 1.88. The van der Waals surface area contributed by atoms with Crippen molar-refractivity contribution in [1.82, 2.24) is 4.90 Å². The van der Waals surface area contributed by atoms with Crippen LogP contribution in [0.1, 0.15) is 11.1 Å². The van der Waals surface area contributed by atoms with Gasteiger partial charge in [-0.05, 0) is 17.5 Å². The van der Waals surface area contributed by atoms with E-state index >= 15 is 0 Å². The summed E-state index contributed by atoms with van der Waals surface area (Å²) in [5.41, 5.74) is 1.96. The lowest BCUT2D eigenvalue weighted by atomic mass is 10.1. The second-order valence-electron chi connectivity index (χ2n) is 4.57. The summed E-state index contributed by atoms with van der Waals surface area (Å²) >= 11 is 0. The zero-order valence-electron chi connectivity index (χ0n) is 11.6. The van der Waals surface area contributed by atoms with E-state index in [0.29, 0.717) is 19.4 Å². The van der Waals surface area contributed by atoms with Crippen LogP contribution >= 0.6 is 0 Å². The molecule has 2 amide bonds. The number of carbonyl (C=O) groups excluding carboxylic acids is 2. The van der Waals surface area contributed by atoms with Crippen molar-refractivity contribution in [3.05, 3.63) is 71.8 Å². The average molecular weight is 283 g/mol. The maximum atomic E-state index is 11.8. The Morgan fingerprint density at radius 3 is 2.10 bits per heavy atom. The van der Waals surface area contributed by atoms with Gasteiger partial charge in [-0.2, -0.15) is 0 Å². The van der Waals surface area contributed by atoms with Crippen molar-refractivity contribution in [1.29, 1.82) is 0 Å². The van der Waals surface area contributed by atoms with Gasteiger partial charge in [0, 0.05) is 6.54 Å². The highest BCUT2D eigenvalue weighted by molar-refractivity contribution is 5.80. The minimum absolute atomic E-state index is 0.162. The molecule has 0 heterocycles. The van der Waals surface area contributed by atoms with Crippen LogP contribution in [-0.4, -0.2) is 23.9 Å². The number of hydrogen-bond acceptors (Lipinski definition) is 3. The van der Waals surface area contributed by atoms with Crippen molar-refractivity contribution in [2.24, 2.45) is 0 Å². The molecular formula is C17H17NO3. The Kier molecular flexibility index (Phi) is 5.52. The maximum Gasteiger partial charge on any atom is 0.416 e. The minimum atomic E-state index is -0.621. The number of carbonyl (C=O) groups is 2. The van der Waals surface area contributed by atoms with Crippen LogP contribution in [-0.2, 0) is 22.6 Å². The predicted molar refractivity (Wildman–Crippen MR) is 79.5 cm³/mol. The Hall–Kier alpha value is -2.62. The van der Waals surface area contributed by atoms with E-state index in [1.54, 1.807) is 0 Å². The molecule has 2 rings (SSSR count). The molecule has 0 radical (unpaired) electrons. The van der Waals surface area contributed by atoms with Crippen molar-refractivity contribution in [3.8, 4) is 0 Å². The van der Waals surface area contributed by atoms with Crippen molar-refractivity contribution in [3.63, 3.8) is 0 Å². The molecule has 4 nitrogen and oxygen atoms in total. The highest BCUT2D eigenvalue weighted by atomic mass is 16.6. The third-order valence-electron chi connectivity index (χ3n) is 3.05. The summed E-state index contributed by atoms with van der Waals surface area (Å²) in [4.78, 5) is 23.9. The molecule has 0 spiro atoms. The van der Waals surface area contributed by atoms with Gasteiger partial charge in [0.15, 0.2) is 0 Å². The Morgan fingerprint density at radius 1 is 0.952 bits per heavy atom. The van der Waals surface area contributed by atoms with Crippen LogP contribution in [0.25, 0.3) is 0 Å². The molecule has 0 fully saturated rings. The monoisotopic (exact) mass is 283 g/mol. The number of nitrogens with zero attached hydrogens (tertiary/aromatic N) is 1. The van der Waals surface area contributed by atoms with Gasteiger partial charge < -0.3 is 4.74 Å². The Balaban J connectivity index is 1.82. The van der Waals surface area contributed by atoms with Crippen molar-refractivity contribution in [2.45, 2.75) is 13.0 Å². The van der Waals surface area contributed by atoms with Crippen molar-refractivity contribution in [2.75, 3.05) is 6.54 Å². The van der Waals surface area contributed by atoms with Crippen LogP contribution in [0.3, 0.4) is 0 Å². The molecular weight excluding hydrogens is 266 g/mol. The smallest absolute Gasteiger partial charge is 0.416 e. The van der Waals surface area contributed by atoms with Gasteiger partial charge in [0.05, 0.1) is 0 Å². The van der Waals surface area contributed by atoms with Gasteiger partial charge in [0.2, 0.25) is 6.41 Å². The largest absolute Gasteiger partial charge is 0.444 e. The molecule has 21 heavy (non-hydrogen) atoms. The molecule has 0 atom stereocenters. The highest BCUT2D eigenvalue weighted by Crippen LogP contribution is 2.04. The molecule has 0 N–H and O–H groups in total. The third kappa shape index (κ3) is 4.76.